The summed E-state index contributed by atoms with van der Waals surface area (Å²) in [5.41, 5.74) is 0.963. The zero-order chi connectivity index (χ0) is 15.3. The number of pyridine rings is 1. The monoisotopic (exact) mass is 331 g/mol. The molecule has 1 aliphatic heterocycles. The Morgan fingerprint density at radius 3 is 2.95 bits per heavy atom. The molecule has 0 aromatic carbocycles. The summed E-state index contributed by atoms with van der Waals surface area (Å²) < 4.78 is 24.8. The van der Waals surface area contributed by atoms with Gasteiger partial charge in [-0.15, -0.1) is 0 Å². The van der Waals surface area contributed by atoms with Crippen LogP contribution in [0.5, 0.6) is 0 Å². The number of rotatable bonds is 6. The molecule has 1 aromatic heterocycles. The lowest BCUT2D eigenvalue weighted by molar-refractivity contribution is 0.131. The van der Waals surface area contributed by atoms with Gasteiger partial charge in [-0.2, -0.15) is 0 Å². The maximum absolute atomic E-state index is 11.1. The third kappa shape index (κ3) is 5.90. The molecule has 0 amide bonds. The standard InChI is InChI=1S/C14H22ClN3O2S/c1-21(19,20)16-9-8-13-6-2-3-10-18(13)11-12-5-4-7-14(15)17-12/h4-5,7,13,16H,2-3,6,8-11H2,1H3/t13-/m0/s1. The van der Waals surface area contributed by atoms with Crippen LogP contribution in [0.1, 0.15) is 31.4 Å². The molecule has 2 heterocycles. The number of sulfonamides is 1. The Bertz CT molecular complexity index is 565. The summed E-state index contributed by atoms with van der Waals surface area (Å²) in [7, 11) is -3.11. The van der Waals surface area contributed by atoms with Crippen molar-refractivity contribution in [3.63, 3.8) is 0 Å². The van der Waals surface area contributed by atoms with Crippen LogP contribution in [0.25, 0.3) is 0 Å². The Hall–Kier alpha value is -0.690. The van der Waals surface area contributed by atoms with Crippen molar-refractivity contribution in [2.45, 2.75) is 38.3 Å². The van der Waals surface area contributed by atoms with Gasteiger partial charge in [0.2, 0.25) is 10.0 Å². The van der Waals surface area contributed by atoms with Crippen molar-refractivity contribution >= 4 is 21.6 Å². The molecule has 0 unspecified atom stereocenters. The van der Waals surface area contributed by atoms with E-state index in [0.717, 1.165) is 31.6 Å². The molecule has 1 fully saturated rings. The molecule has 118 valence electrons. The molecule has 0 spiro atoms. The van der Waals surface area contributed by atoms with E-state index in [1.165, 1.54) is 19.1 Å². The molecule has 0 aliphatic carbocycles. The summed E-state index contributed by atoms with van der Waals surface area (Å²) in [5.74, 6) is 0. The molecule has 2 rings (SSSR count). The molecule has 0 saturated carbocycles. The summed E-state index contributed by atoms with van der Waals surface area (Å²) in [5, 5.41) is 0.514. The van der Waals surface area contributed by atoms with Gasteiger partial charge < -0.3 is 0 Å². The van der Waals surface area contributed by atoms with Crippen molar-refractivity contribution in [1.29, 1.82) is 0 Å². The summed E-state index contributed by atoms with van der Waals surface area (Å²) >= 11 is 5.93. The fourth-order valence-electron chi connectivity index (χ4n) is 2.75. The average molecular weight is 332 g/mol. The lowest BCUT2D eigenvalue weighted by atomic mass is 9.99. The van der Waals surface area contributed by atoms with Gasteiger partial charge >= 0.3 is 0 Å². The highest BCUT2D eigenvalue weighted by Gasteiger charge is 2.22. The van der Waals surface area contributed by atoms with E-state index in [2.05, 4.69) is 14.6 Å². The molecular weight excluding hydrogens is 310 g/mol. The minimum absolute atomic E-state index is 0.397. The summed E-state index contributed by atoms with van der Waals surface area (Å²) in [6.07, 6.45) is 5.50. The number of nitrogens with one attached hydrogen (secondary N) is 1. The van der Waals surface area contributed by atoms with Crippen LogP contribution < -0.4 is 4.72 Å². The number of aromatic nitrogens is 1. The van der Waals surface area contributed by atoms with Crippen LogP contribution in [-0.4, -0.2) is 43.7 Å². The Kier molecular flexibility index (Phi) is 5.98. The SMILES string of the molecule is CS(=O)(=O)NCC[C@@H]1CCCCN1Cc1cccc(Cl)n1. The highest BCUT2D eigenvalue weighted by Crippen LogP contribution is 2.21. The van der Waals surface area contributed by atoms with Gasteiger partial charge in [-0.05, 0) is 37.9 Å². The molecule has 21 heavy (non-hydrogen) atoms. The predicted molar refractivity (Wildman–Crippen MR) is 84.8 cm³/mol. The Balaban J connectivity index is 1.92. The third-order valence-electron chi connectivity index (χ3n) is 3.73. The van der Waals surface area contributed by atoms with Crippen molar-refractivity contribution in [1.82, 2.24) is 14.6 Å². The maximum atomic E-state index is 11.1. The average Bonchev–Trinajstić information content (AvgIpc) is 2.39. The smallest absolute Gasteiger partial charge is 0.208 e. The molecule has 1 atom stereocenters. The minimum Gasteiger partial charge on any atom is -0.295 e. The van der Waals surface area contributed by atoms with Crippen molar-refractivity contribution in [3.05, 3.63) is 29.0 Å². The topological polar surface area (TPSA) is 62.3 Å². The van der Waals surface area contributed by atoms with Gasteiger partial charge in [0.1, 0.15) is 5.15 Å². The zero-order valence-electron chi connectivity index (χ0n) is 12.3. The van der Waals surface area contributed by atoms with Crippen LogP contribution in [0.2, 0.25) is 5.15 Å². The zero-order valence-corrected chi connectivity index (χ0v) is 13.8. The molecular formula is C14H22ClN3O2S. The summed E-state index contributed by atoms with van der Waals surface area (Å²) in [4.78, 5) is 6.71. The van der Waals surface area contributed by atoms with Gasteiger partial charge in [-0.3, -0.25) is 4.90 Å². The molecule has 1 saturated heterocycles. The molecule has 0 bridgehead atoms. The normalized spacial score (nSPS) is 20.6. The summed E-state index contributed by atoms with van der Waals surface area (Å²) in [6.45, 7) is 2.28. The van der Waals surface area contributed by atoms with E-state index >= 15 is 0 Å². The van der Waals surface area contributed by atoms with Crippen molar-refractivity contribution in [2.75, 3.05) is 19.3 Å². The van der Waals surface area contributed by atoms with Gasteiger partial charge in [0.05, 0.1) is 11.9 Å². The second kappa shape index (κ2) is 7.54. The van der Waals surface area contributed by atoms with Crippen LogP contribution in [0, 0.1) is 0 Å². The van der Waals surface area contributed by atoms with Crippen molar-refractivity contribution in [3.8, 4) is 0 Å². The number of hydrogen-bond acceptors (Lipinski definition) is 4. The molecule has 1 N–H and O–H groups in total. The number of nitrogens with zero attached hydrogens (tertiary/aromatic N) is 2. The van der Waals surface area contributed by atoms with E-state index in [0.29, 0.717) is 17.7 Å². The van der Waals surface area contributed by atoms with Crippen molar-refractivity contribution < 1.29 is 8.42 Å². The van der Waals surface area contributed by atoms with Crippen LogP contribution in [0.15, 0.2) is 18.2 Å². The van der Waals surface area contributed by atoms with Gasteiger partial charge in [-0.25, -0.2) is 18.1 Å². The van der Waals surface area contributed by atoms with Gasteiger partial charge in [-0.1, -0.05) is 24.1 Å². The van der Waals surface area contributed by atoms with Gasteiger partial charge in [0.25, 0.3) is 0 Å². The van der Waals surface area contributed by atoms with Crippen LogP contribution in [0.4, 0.5) is 0 Å². The molecule has 7 heteroatoms. The summed E-state index contributed by atoms with van der Waals surface area (Å²) in [6, 6.07) is 6.06. The minimum atomic E-state index is -3.11. The number of piperidine rings is 1. The van der Waals surface area contributed by atoms with E-state index in [4.69, 9.17) is 11.6 Å². The van der Waals surface area contributed by atoms with E-state index in [1.54, 1.807) is 6.07 Å². The fraction of sp³-hybridized carbons (Fsp3) is 0.643. The molecule has 1 aromatic rings. The predicted octanol–water partition coefficient (Wildman–Crippen LogP) is 2.03. The number of halogens is 1. The molecule has 1 aliphatic rings. The quantitative estimate of drug-likeness (QED) is 0.810. The highest BCUT2D eigenvalue weighted by molar-refractivity contribution is 7.88. The Labute approximate surface area is 131 Å². The van der Waals surface area contributed by atoms with E-state index in [1.807, 2.05) is 12.1 Å². The van der Waals surface area contributed by atoms with Gasteiger partial charge in [0.15, 0.2) is 0 Å². The van der Waals surface area contributed by atoms with E-state index in [9.17, 15) is 8.42 Å². The second-order valence-electron chi connectivity index (χ2n) is 5.53. The lowest BCUT2D eigenvalue weighted by Gasteiger charge is -2.35. The Morgan fingerprint density at radius 1 is 1.43 bits per heavy atom. The first-order valence-electron chi connectivity index (χ1n) is 7.24. The van der Waals surface area contributed by atoms with E-state index in [-0.39, 0.29) is 0 Å². The first-order valence-corrected chi connectivity index (χ1v) is 9.51. The third-order valence-corrected chi connectivity index (χ3v) is 4.67. The van der Waals surface area contributed by atoms with Crippen molar-refractivity contribution in [2.24, 2.45) is 0 Å². The van der Waals surface area contributed by atoms with E-state index < -0.39 is 10.0 Å². The van der Waals surface area contributed by atoms with Crippen LogP contribution in [-0.2, 0) is 16.6 Å². The van der Waals surface area contributed by atoms with Gasteiger partial charge in [0, 0.05) is 19.1 Å². The Morgan fingerprint density at radius 2 is 2.24 bits per heavy atom. The maximum Gasteiger partial charge on any atom is 0.208 e. The highest BCUT2D eigenvalue weighted by atomic mass is 35.5. The van der Waals surface area contributed by atoms with Crippen LogP contribution in [0.3, 0.4) is 0 Å². The fourth-order valence-corrected chi connectivity index (χ4v) is 3.42. The first-order chi connectivity index (χ1) is 9.94. The van der Waals surface area contributed by atoms with Crippen LogP contribution >= 0.6 is 11.6 Å². The lowest BCUT2D eigenvalue weighted by Crippen LogP contribution is -2.41. The largest absolute Gasteiger partial charge is 0.295 e. The first kappa shape index (κ1) is 16.7. The number of likely N-dealkylation sites (tertiary alicyclic amines) is 1. The molecule has 5 nitrogen and oxygen atoms in total. The molecule has 0 radical (unpaired) electrons. The second-order valence-corrected chi connectivity index (χ2v) is 7.75. The number of hydrogen-bond donors (Lipinski definition) is 1.